The van der Waals surface area contributed by atoms with Crippen molar-refractivity contribution >= 4 is 18.3 Å². The Kier molecular flexibility index (Phi) is 8.72. The first kappa shape index (κ1) is 21.5. The van der Waals surface area contributed by atoms with Crippen LogP contribution in [-0.2, 0) is 4.79 Å². The van der Waals surface area contributed by atoms with E-state index in [1.807, 2.05) is 13.8 Å². The van der Waals surface area contributed by atoms with Gasteiger partial charge in [-0.3, -0.25) is 9.69 Å². The maximum atomic E-state index is 12.4. The van der Waals surface area contributed by atoms with Crippen LogP contribution >= 0.6 is 12.4 Å². The summed E-state index contributed by atoms with van der Waals surface area (Å²) in [6.07, 6.45) is -3.44. The van der Waals surface area contributed by atoms with Crippen LogP contribution in [0.3, 0.4) is 0 Å². The van der Waals surface area contributed by atoms with Gasteiger partial charge in [-0.1, -0.05) is 20.8 Å². The maximum Gasteiger partial charge on any atom is 0.401 e. The van der Waals surface area contributed by atoms with Crippen LogP contribution in [0.25, 0.3) is 0 Å². The van der Waals surface area contributed by atoms with E-state index in [4.69, 9.17) is 5.73 Å². The molecule has 4 nitrogen and oxygen atoms in total. The molecule has 1 saturated heterocycles. The molecule has 132 valence electrons. The molecule has 0 aromatic carbocycles. The van der Waals surface area contributed by atoms with Gasteiger partial charge in [0.25, 0.3) is 0 Å². The number of alkyl halides is 3. The van der Waals surface area contributed by atoms with Gasteiger partial charge in [-0.15, -0.1) is 12.4 Å². The highest BCUT2D eigenvalue weighted by Gasteiger charge is 2.34. The minimum atomic E-state index is -4.18. The van der Waals surface area contributed by atoms with Gasteiger partial charge in [0.05, 0.1) is 12.6 Å². The molecule has 0 aromatic heterocycles. The molecule has 1 rings (SSSR count). The van der Waals surface area contributed by atoms with Crippen molar-refractivity contribution in [2.75, 3.05) is 32.7 Å². The molecular formula is C14H27ClF3N3O. The third-order valence-corrected chi connectivity index (χ3v) is 3.97. The van der Waals surface area contributed by atoms with Crippen molar-refractivity contribution in [3.8, 4) is 0 Å². The fourth-order valence-electron chi connectivity index (χ4n) is 2.60. The lowest BCUT2D eigenvalue weighted by Crippen LogP contribution is -2.46. The van der Waals surface area contributed by atoms with Crippen molar-refractivity contribution in [3.63, 3.8) is 0 Å². The molecular weight excluding hydrogens is 319 g/mol. The third kappa shape index (κ3) is 6.71. The number of halogens is 4. The monoisotopic (exact) mass is 345 g/mol. The number of carbonyl (C=O) groups excluding carboxylic acids is 1. The zero-order valence-corrected chi connectivity index (χ0v) is 14.2. The summed E-state index contributed by atoms with van der Waals surface area (Å²) in [7, 11) is 0. The SMILES string of the molecule is CCN(CC1CCN(C(=O)[C@@H](N)C(C)C)C1)CC(F)(F)F.Cl. The molecule has 0 spiro atoms. The zero-order valence-electron chi connectivity index (χ0n) is 13.4. The van der Waals surface area contributed by atoms with E-state index in [9.17, 15) is 18.0 Å². The number of hydrogen-bond donors (Lipinski definition) is 1. The van der Waals surface area contributed by atoms with Gasteiger partial charge in [0, 0.05) is 19.6 Å². The van der Waals surface area contributed by atoms with Crippen molar-refractivity contribution in [1.82, 2.24) is 9.80 Å². The molecule has 1 unspecified atom stereocenters. The molecule has 2 atom stereocenters. The van der Waals surface area contributed by atoms with Crippen molar-refractivity contribution in [3.05, 3.63) is 0 Å². The molecule has 1 heterocycles. The number of nitrogens with zero attached hydrogens (tertiary/aromatic N) is 2. The predicted molar refractivity (Wildman–Crippen MR) is 82.9 cm³/mol. The van der Waals surface area contributed by atoms with Crippen LogP contribution in [0.5, 0.6) is 0 Å². The summed E-state index contributed by atoms with van der Waals surface area (Å²) in [5.74, 6) is 0.0656. The van der Waals surface area contributed by atoms with E-state index in [2.05, 4.69) is 0 Å². The molecule has 1 fully saturated rings. The Labute approximate surface area is 136 Å². The molecule has 0 radical (unpaired) electrons. The van der Waals surface area contributed by atoms with Gasteiger partial charge in [-0.2, -0.15) is 13.2 Å². The Balaban J connectivity index is 0.00000441. The molecule has 0 saturated carbocycles. The summed E-state index contributed by atoms with van der Waals surface area (Å²) in [5, 5.41) is 0. The third-order valence-electron chi connectivity index (χ3n) is 3.97. The Hall–Kier alpha value is -0.530. The van der Waals surface area contributed by atoms with Gasteiger partial charge in [-0.25, -0.2) is 0 Å². The second-order valence-electron chi connectivity index (χ2n) is 6.15. The molecule has 1 aliphatic heterocycles. The number of nitrogens with two attached hydrogens (primary N) is 1. The van der Waals surface area contributed by atoms with E-state index in [0.717, 1.165) is 6.42 Å². The summed E-state index contributed by atoms with van der Waals surface area (Å²) in [5.41, 5.74) is 5.85. The van der Waals surface area contributed by atoms with Crippen LogP contribution in [0, 0.1) is 11.8 Å². The summed E-state index contributed by atoms with van der Waals surface area (Å²) in [4.78, 5) is 15.2. The highest BCUT2D eigenvalue weighted by Crippen LogP contribution is 2.22. The van der Waals surface area contributed by atoms with E-state index >= 15 is 0 Å². The van der Waals surface area contributed by atoms with Gasteiger partial charge in [0.2, 0.25) is 5.91 Å². The Morgan fingerprint density at radius 3 is 2.45 bits per heavy atom. The summed E-state index contributed by atoms with van der Waals surface area (Å²) >= 11 is 0. The average Bonchev–Trinajstić information content (AvgIpc) is 2.82. The molecule has 1 aliphatic rings. The molecule has 22 heavy (non-hydrogen) atoms. The van der Waals surface area contributed by atoms with Gasteiger partial charge in [0.1, 0.15) is 0 Å². The minimum Gasteiger partial charge on any atom is -0.341 e. The van der Waals surface area contributed by atoms with Crippen molar-refractivity contribution in [2.45, 2.75) is 39.4 Å². The van der Waals surface area contributed by atoms with E-state index in [0.29, 0.717) is 26.2 Å². The number of likely N-dealkylation sites (tertiary alicyclic amines) is 1. The van der Waals surface area contributed by atoms with Gasteiger partial charge >= 0.3 is 6.18 Å². The van der Waals surface area contributed by atoms with Crippen LogP contribution in [0.1, 0.15) is 27.2 Å². The lowest BCUT2D eigenvalue weighted by atomic mass is 10.0. The number of rotatable bonds is 6. The predicted octanol–water partition coefficient (Wildman–Crippen LogP) is 2.12. The lowest BCUT2D eigenvalue weighted by Gasteiger charge is -2.26. The fourth-order valence-corrected chi connectivity index (χ4v) is 2.60. The van der Waals surface area contributed by atoms with Crippen LogP contribution < -0.4 is 5.73 Å². The first-order chi connectivity index (χ1) is 9.64. The van der Waals surface area contributed by atoms with Crippen LogP contribution in [0.4, 0.5) is 13.2 Å². The Morgan fingerprint density at radius 2 is 2.00 bits per heavy atom. The smallest absolute Gasteiger partial charge is 0.341 e. The second kappa shape index (κ2) is 8.93. The van der Waals surface area contributed by atoms with Crippen molar-refractivity contribution in [1.29, 1.82) is 0 Å². The zero-order chi connectivity index (χ0) is 16.2. The molecule has 1 amide bonds. The highest BCUT2D eigenvalue weighted by atomic mass is 35.5. The maximum absolute atomic E-state index is 12.4. The minimum absolute atomic E-state index is 0. The fraction of sp³-hybridized carbons (Fsp3) is 0.929. The van der Waals surface area contributed by atoms with Gasteiger partial charge in [0.15, 0.2) is 0 Å². The number of hydrogen-bond acceptors (Lipinski definition) is 3. The van der Waals surface area contributed by atoms with Crippen molar-refractivity contribution < 1.29 is 18.0 Å². The first-order valence-electron chi connectivity index (χ1n) is 7.47. The Bertz CT molecular complexity index is 353. The van der Waals surface area contributed by atoms with Crippen LogP contribution in [0.2, 0.25) is 0 Å². The highest BCUT2D eigenvalue weighted by molar-refractivity contribution is 5.85. The summed E-state index contributed by atoms with van der Waals surface area (Å²) < 4.78 is 37.3. The standard InChI is InChI=1S/C14H26F3N3O.ClH/c1-4-19(9-14(15,16)17)7-11-5-6-20(8-11)13(21)12(18)10(2)3;/h10-12H,4-9,18H2,1-3H3;1H/t11?,12-;/m0./s1. The second-order valence-corrected chi connectivity index (χ2v) is 6.15. The van der Waals surface area contributed by atoms with E-state index in [1.165, 1.54) is 4.90 Å². The number of carbonyl (C=O) groups is 1. The van der Waals surface area contributed by atoms with E-state index in [1.54, 1.807) is 11.8 Å². The van der Waals surface area contributed by atoms with Crippen LogP contribution in [0.15, 0.2) is 0 Å². The van der Waals surface area contributed by atoms with Gasteiger partial charge in [-0.05, 0) is 24.8 Å². The largest absolute Gasteiger partial charge is 0.401 e. The average molecular weight is 346 g/mol. The molecule has 0 aliphatic carbocycles. The summed E-state index contributed by atoms with van der Waals surface area (Å²) in [6, 6.07) is -0.527. The molecule has 0 bridgehead atoms. The molecule has 0 aromatic rings. The van der Waals surface area contributed by atoms with Crippen LogP contribution in [-0.4, -0.2) is 60.6 Å². The Morgan fingerprint density at radius 1 is 1.41 bits per heavy atom. The number of amides is 1. The van der Waals surface area contributed by atoms with Crippen molar-refractivity contribution in [2.24, 2.45) is 17.6 Å². The first-order valence-corrected chi connectivity index (χ1v) is 7.47. The topological polar surface area (TPSA) is 49.6 Å². The lowest BCUT2D eigenvalue weighted by molar-refractivity contribution is -0.146. The van der Waals surface area contributed by atoms with E-state index in [-0.39, 0.29) is 30.2 Å². The molecule has 8 heteroatoms. The normalized spacial score (nSPS) is 20.4. The quantitative estimate of drug-likeness (QED) is 0.802. The summed E-state index contributed by atoms with van der Waals surface area (Å²) in [6.45, 7) is 6.43. The molecule has 2 N–H and O–H groups in total. The van der Waals surface area contributed by atoms with Gasteiger partial charge < -0.3 is 10.6 Å². The van der Waals surface area contributed by atoms with E-state index < -0.39 is 18.8 Å².